The Kier molecular flexibility index (Phi) is 13.7. The van der Waals surface area contributed by atoms with Crippen LogP contribution in [0.2, 0.25) is 0 Å². The summed E-state index contributed by atoms with van der Waals surface area (Å²) in [6, 6.07) is 0. The zero-order valence-corrected chi connectivity index (χ0v) is 17.5. The molecule has 1 aliphatic carbocycles. The summed E-state index contributed by atoms with van der Waals surface area (Å²) in [6.07, 6.45) is 22.2. The lowest BCUT2D eigenvalue weighted by Crippen LogP contribution is -2.30. The van der Waals surface area contributed by atoms with Crippen molar-refractivity contribution in [2.24, 2.45) is 11.8 Å². The lowest BCUT2D eigenvalue weighted by molar-refractivity contribution is -0.137. The number of allylic oxidation sites excluding steroid dienone is 4. The second-order valence-electron chi connectivity index (χ2n) is 8.01. The van der Waals surface area contributed by atoms with E-state index in [4.69, 9.17) is 5.11 Å². The molecule has 0 spiro atoms. The maximum Gasteiger partial charge on any atom is 0.303 e. The Morgan fingerprint density at radius 3 is 2.61 bits per heavy atom. The first-order valence-electron chi connectivity index (χ1n) is 11.1. The molecule has 0 heterocycles. The van der Waals surface area contributed by atoms with Crippen molar-refractivity contribution < 1.29 is 20.1 Å². The van der Waals surface area contributed by atoms with Crippen LogP contribution in [0.15, 0.2) is 36.5 Å². The molecule has 1 aliphatic rings. The van der Waals surface area contributed by atoms with Crippen LogP contribution in [0, 0.1) is 11.8 Å². The van der Waals surface area contributed by atoms with E-state index in [0.29, 0.717) is 25.2 Å². The molecule has 0 saturated heterocycles. The van der Waals surface area contributed by atoms with Crippen molar-refractivity contribution in [1.82, 2.24) is 0 Å². The van der Waals surface area contributed by atoms with Gasteiger partial charge in [0, 0.05) is 6.42 Å². The summed E-state index contributed by atoms with van der Waals surface area (Å²) in [6.45, 7) is 2.20. The van der Waals surface area contributed by atoms with Gasteiger partial charge in [-0.25, -0.2) is 0 Å². The van der Waals surface area contributed by atoms with Gasteiger partial charge in [-0.2, -0.15) is 0 Å². The van der Waals surface area contributed by atoms with Crippen LogP contribution < -0.4 is 0 Å². The number of hydrogen-bond donors (Lipinski definition) is 3. The Bertz CT molecular complexity index is 495. The number of carboxylic acids is 1. The predicted octanol–water partition coefficient (Wildman–Crippen LogP) is 5.41. The highest BCUT2D eigenvalue weighted by molar-refractivity contribution is 5.66. The fraction of sp³-hybridized carbons (Fsp3) is 0.708. The fourth-order valence-corrected chi connectivity index (χ4v) is 3.92. The highest BCUT2D eigenvalue weighted by atomic mass is 16.4. The van der Waals surface area contributed by atoms with Crippen molar-refractivity contribution in [3.05, 3.63) is 36.5 Å². The fourth-order valence-electron chi connectivity index (χ4n) is 3.92. The van der Waals surface area contributed by atoms with Crippen molar-refractivity contribution in [2.75, 3.05) is 0 Å². The second-order valence-corrected chi connectivity index (χ2v) is 8.01. The van der Waals surface area contributed by atoms with Gasteiger partial charge in [-0.05, 0) is 56.8 Å². The molecule has 0 aromatic rings. The van der Waals surface area contributed by atoms with Crippen LogP contribution >= 0.6 is 0 Å². The van der Waals surface area contributed by atoms with Crippen molar-refractivity contribution in [3.8, 4) is 0 Å². The average molecular weight is 393 g/mol. The zero-order valence-electron chi connectivity index (χ0n) is 17.5. The van der Waals surface area contributed by atoms with E-state index in [1.807, 2.05) is 18.2 Å². The monoisotopic (exact) mass is 392 g/mol. The minimum absolute atomic E-state index is 0.123. The number of carboxylic acid groups (broad SMARTS) is 1. The van der Waals surface area contributed by atoms with Crippen LogP contribution in [0.1, 0.15) is 84.0 Å². The number of unbranched alkanes of at least 4 members (excludes halogenated alkanes) is 3. The standard InChI is InChI=1S/C24H40O4/c1-2-3-4-5-6-7-15-21(25)16-10-8-13-20-14-9-11-17-22(20)23(26)18-12-19-24(27)28/h6-8,10,13,16,20-23,25-26H,2-5,9,11-12,14-15,17-19H2,1H3,(H,27,28)/b7-6-,13-8+,16-10+/t20-,21?,22+,23?/m0/s1. The first-order valence-corrected chi connectivity index (χ1v) is 11.1. The van der Waals surface area contributed by atoms with Gasteiger partial charge in [0.1, 0.15) is 0 Å². The second kappa shape index (κ2) is 15.5. The van der Waals surface area contributed by atoms with Gasteiger partial charge in [-0.15, -0.1) is 0 Å². The number of carbonyl (C=O) groups is 1. The molecular weight excluding hydrogens is 352 g/mol. The average Bonchev–Trinajstić information content (AvgIpc) is 2.68. The van der Waals surface area contributed by atoms with Gasteiger partial charge in [0.05, 0.1) is 12.2 Å². The summed E-state index contributed by atoms with van der Waals surface area (Å²) in [5.74, 6) is -0.260. The smallest absolute Gasteiger partial charge is 0.303 e. The number of aliphatic hydroxyl groups is 2. The molecule has 3 N–H and O–H groups in total. The third kappa shape index (κ3) is 11.5. The van der Waals surface area contributed by atoms with Gasteiger partial charge >= 0.3 is 5.97 Å². The summed E-state index contributed by atoms with van der Waals surface area (Å²) in [5.41, 5.74) is 0. The van der Waals surface area contributed by atoms with Crippen molar-refractivity contribution in [3.63, 3.8) is 0 Å². The SMILES string of the molecule is CCCCC/C=C\CC(O)/C=C/C=C/[C@H]1CCCC[C@H]1C(O)CCCC(=O)O. The molecule has 0 amide bonds. The van der Waals surface area contributed by atoms with Crippen molar-refractivity contribution in [1.29, 1.82) is 0 Å². The van der Waals surface area contributed by atoms with Crippen molar-refractivity contribution in [2.45, 2.75) is 96.2 Å². The lowest BCUT2D eigenvalue weighted by Gasteiger charge is -2.33. The van der Waals surface area contributed by atoms with Crippen LogP contribution in [0.3, 0.4) is 0 Å². The molecule has 0 bridgehead atoms. The molecule has 1 rings (SSSR count). The first-order chi connectivity index (χ1) is 13.5. The summed E-state index contributed by atoms with van der Waals surface area (Å²) in [5, 5.41) is 29.2. The zero-order chi connectivity index (χ0) is 20.6. The molecule has 0 radical (unpaired) electrons. The number of aliphatic carboxylic acids is 1. The molecule has 4 heteroatoms. The van der Waals surface area contributed by atoms with Gasteiger partial charge in [-0.3, -0.25) is 4.79 Å². The Labute approximate surface area is 171 Å². The summed E-state index contributed by atoms with van der Waals surface area (Å²) >= 11 is 0. The maximum atomic E-state index is 10.7. The van der Waals surface area contributed by atoms with Gasteiger partial charge < -0.3 is 15.3 Å². The van der Waals surface area contributed by atoms with Crippen LogP contribution in [0.25, 0.3) is 0 Å². The highest BCUT2D eigenvalue weighted by Crippen LogP contribution is 2.34. The minimum Gasteiger partial charge on any atom is -0.481 e. The molecule has 28 heavy (non-hydrogen) atoms. The lowest BCUT2D eigenvalue weighted by atomic mass is 9.75. The van der Waals surface area contributed by atoms with E-state index in [1.165, 1.54) is 25.7 Å². The maximum absolute atomic E-state index is 10.7. The van der Waals surface area contributed by atoms with Crippen LogP contribution in [-0.4, -0.2) is 33.5 Å². The highest BCUT2D eigenvalue weighted by Gasteiger charge is 2.28. The largest absolute Gasteiger partial charge is 0.481 e. The third-order valence-corrected chi connectivity index (χ3v) is 5.58. The first kappa shape index (κ1) is 24.6. The van der Waals surface area contributed by atoms with E-state index in [9.17, 15) is 15.0 Å². The summed E-state index contributed by atoms with van der Waals surface area (Å²) in [4.78, 5) is 10.7. The molecule has 0 aromatic carbocycles. The third-order valence-electron chi connectivity index (χ3n) is 5.58. The van der Waals surface area contributed by atoms with Crippen LogP contribution in [-0.2, 0) is 4.79 Å². The molecule has 4 atom stereocenters. The molecule has 0 aliphatic heterocycles. The summed E-state index contributed by atoms with van der Waals surface area (Å²) in [7, 11) is 0. The quantitative estimate of drug-likeness (QED) is 0.210. The van der Waals surface area contributed by atoms with Gasteiger partial charge in [0.25, 0.3) is 0 Å². The molecule has 1 saturated carbocycles. The van der Waals surface area contributed by atoms with E-state index < -0.39 is 18.2 Å². The Balaban J connectivity index is 2.38. The van der Waals surface area contributed by atoms with E-state index in [1.54, 1.807) is 0 Å². The minimum atomic E-state index is -0.799. The normalized spacial score (nSPS) is 23.0. The molecule has 4 nitrogen and oxygen atoms in total. The molecular formula is C24H40O4. The Morgan fingerprint density at radius 2 is 1.86 bits per heavy atom. The van der Waals surface area contributed by atoms with E-state index in [2.05, 4.69) is 25.2 Å². The van der Waals surface area contributed by atoms with Gasteiger partial charge in [-0.1, -0.05) is 69.1 Å². The molecule has 0 aromatic heterocycles. The molecule has 160 valence electrons. The van der Waals surface area contributed by atoms with Crippen LogP contribution in [0.4, 0.5) is 0 Å². The predicted molar refractivity (Wildman–Crippen MR) is 115 cm³/mol. The van der Waals surface area contributed by atoms with Gasteiger partial charge in [0.2, 0.25) is 0 Å². The topological polar surface area (TPSA) is 77.8 Å². The number of hydrogen-bond acceptors (Lipinski definition) is 3. The van der Waals surface area contributed by atoms with Crippen LogP contribution in [0.5, 0.6) is 0 Å². The number of rotatable bonds is 14. The van der Waals surface area contributed by atoms with Crippen molar-refractivity contribution >= 4 is 5.97 Å². The Morgan fingerprint density at radius 1 is 1.07 bits per heavy atom. The van der Waals surface area contributed by atoms with E-state index >= 15 is 0 Å². The molecule has 2 unspecified atom stereocenters. The van der Waals surface area contributed by atoms with Gasteiger partial charge in [0.15, 0.2) is 0 Å². The van der Waals surface area contributed by atoms with E-state index in [0.717, 1.165) is 25.7 Å². The Hall–Kier alpha value is -1.39. The van der Waals surface area contributed by atoms with E-state index in [-0.39, 0.29) is 12.3 Å². The summed E-state index contributed by atoms with van der Waals surface area (Å²) < 4.78 is 0. The molecule has 1 fully saturated rings. The number of aliphatic hydroxyl groups excluding tert-OH is 2.